The van der Waals surface area contributed by atoms with Gasteiger partial charge in [0.25, 0.3) is 5.92 Å². The molecule has 1 aliphatic rings. The van der Waals surface area contributed by atoms with Crippen LogP contribution < -0.4 is 0 Å². The van der Waals surface area contributed by atoms with Crippen LogP contribution in [0.4, 0.5) is 8.78 Å². The molecule has 0 aromatic heterocycles. The topological polar surface area (TPSA) is 3.24 Å². The first-order valence-electron chi connectivity index (χ1n) is 6.98. The molecule has 0 spiro atoms. The lowest BCUT2D eigenvalue weighted by molar-refractivity contribution is -0.102. The van der Waals surface area contributed by atoms with Crippen molar-refractivity contribution in [2.75, 3.05) is 13.1 Å². The second-order valence-corrected chi connectivity index (χ2v) is 6.31. The molecular weight excluding hydrogens is 244 g/mol. The summed E-state index contributed by atoms with van der Waals surface area (Å²) in [5.41, 5.74) is 0.250. The minimum Gasteiger partial charge on any atom is -0.296 e. The molecular formula is C16H23F2N. The molecule has 2 rings (SSSR count). The van der Waals surface area contributed by atoms with Crippen molar-refractivity contribution in [3.63, 3.8) is 0 Å². The third kappa shape index (κ3) is 3.14. The second-order valence-electron chi connectivity index (χ2n) is 6.31. The third-order valence-corrected chi connectivity index (χ3v) is 4.33. The molecule has 1 unspecified atom stereocenters. The molecule has 0 radical (unpaired) electrons. The summed E-state index contributed by atoms with van der Waals surface area (Å²) in [6, 6.07) is 10.5. The number of benzene rings is 1. The van der Waals surface area contributed by atoms with Gasteiger partial charge in [0, 0.05) is 18.0 Å². The van der Waals surface area contributed by atoms with Crippen LogP contribution in [0.1, 0.15) is 45.2 Å². The molecule has 106 valence electrons. The first-order valence-corrected chi connectivity index (χ1v) is 6.98. The van der Waals surface area contributed by atoms with Crippen molar-refractivity contribution in [1.29, 1.82) is 0 Å². The van der Waals surface area contributed by atoms with Gasteiger partial charge in [-0.2, -0.15) is 0 Å². The van der Waals surface area contributed by atoms with Gasteiger partial charge >= 0.3 is 0 Å². The van der Waals surface area contributed by atoms with Crippen molar-refractivity contribution in [2.24, 2.45) is 5.41 Å². The molecule has 1 nitrogen and oxygen atoms in total. The predicted octanol–water partition coefficient (Wildman–Crippen LogP) is 4.50. The van der Waals surface area contributed by atoms with Gasteiger partial charge in [-0.3, -0.25) is 4.90 Å². The quantitative estimate of drug-likeness (QED) is 0.776. The molecule has 1 aliphatic heterocycles. The number of hydrogen-bond donors (Lipinski definition) is 0. The number of rotatable bonds is 4. The van der Waals surface area contributed by atoms with Crippen LogP contribution in [0.2, 0.25) is 0 Å². The van der Waals surface area contributed by atoms with Crippen LogP contribution in [0.15, 0.2) is 30.3 Å². The van der Waals surface area contributed by atoms with Crippen LogP contribution in [0.25, 0.3) is 0 Å². The molecule has 1 heterocycles. The molecule has 1 saturated heterocycles. The van der Waals surface area contributed by atoms with Gasteiger partial charge in [-0.25, -0.2) is 8.78 Å². The second kappa shape index (κ2) is 5.20. The average molecular weight is 267 g/mol. The van der Waals surface area contributed by atoms with Gasteiger partial charge < -0.3 is 0 Å². The molecule has 0 bridgehead atoms. The van der Waals surface area contributed by atoms with Crippen LogP contribution in [0, 0.1) is 5.41 Å². The Morgan fingerprint density at radius 3 is 2.37 bits per heavy atom. The summed E-state index contributed by atoms with van der Waals surface area (Å²) in [4.78, 5) is 2.22. The van der Waals surface area contributed by atoms with Gasteiger partial charge in [-0.1, -0.05) is 44.2 Å². The molecule has 0 amide bonds. The van der Waals surface area contributed by atoms with E-state index in [0.29, 0.717) is 12.6 Å². The van der Waals surface area contributed by atoms with Crippen molar-refractivity contribution in [1.82, 2.24) is 4.90 Å². The SMILES string of the molecule is CC(F)(F)C(C)(C)CN1CCCC1c1ccccc1. The number of likely N-dealkylation sites (tertiary alicyclic amines) is 1. The summed E-state index contributed by atoms with van der Waals surface area (Å²) in [6.07, 6.45) is 2.15. The smallest absolute Gasteiger partial charge is 0.251 e. The van der Waals surface area contributed by atoms with Crippen LogP contribution in [0.3, 0.4) is 0 Å². The molecule has 1 atom stereocenters. The zero-order valence-electron chi connectivity index (χ0n) is 12.0. The highest BCUT2D eigenvalue weighted by atomic mass is 19.3. The van der Waals surface area contributed by atoms with E-state index in [4.69, 9.17) is 0 Å². The monoisotopic (exact) mass is 267 g/mol. The molecule has 0 aliphatic carbocycles. The number of alkyl halides is 2. The molecule has 1 aromatic carbocycles. The van der Waals surface area contributed by atoms with E-state index < -0.39 is 11.3 Å². The van der Waals surface area contributed by atoms with E-state index in [1.807, 2.05) is 18.2 Å². The van der Waals surface area contributed by atoms with Gasteiger partial charge in [-0.05, 0) is 31.9 Å². The van der Waals surface area contributed by atoms with Crippen LogP contribution in [-0.4, -0.2) is 23.9 Å². The minimum absolute atomic E-state index is 0.294. The van der Waals surface area contributed by atoms with E-state index in [9.17, 15) is 8.78 Å². The van der Waals surface area contributed by atoms with Gasteiger partial charge in [0.15, 0.2) is 0 Å². The molecule has 1 fully saturated rings. The Balaban J connectivity index is 2.12. The van der Waals surface area contributed by atoms with Crippen molar-refractivity contribution in [3.05, 3.63) is 35.9 Å². The summed E-state index contributed by atoms with van der Waals surface area (Å²) in [7, 11) is 0. The van der Waals surface area contributed by atoms with Gasteiger partial charge in [0.05, 0.1) is 0 Å². The highest BCUT2D eigenvalue weighted by molar-refractivity contribution is 5.20. The summed E-state index contributed by atoms with van der Waals surface area (Å²) in [5, 5.41) is 0. The Hall–Kier alpha value is -0.960. The maximum absolute atomic E-state index is 13.7. The summed E-state index contributed by atoms with van der Waals surface area (Å²) < 4.78 is 27.3. The van der Waals surface area contributed by atoms with Crippen molar-refractivity contribution in [2.45, 2.75) is 45.6 Å². The maximum atomic E-state index is 13.7. The Bertz CT molecular complexity index is 409. The van der Waals surface area contributed by atoms with Crippen LogP contribution in [-0.2, 0) is 0 Å². The van der Waals surface area contributed by atoms with E-state index in [1.54, 1.807) is 13.8 Å². The number of halogens is 2. The Kier molecular flexibility index (Phi) is 3.95. The summed E-state index contributed by atoms with van der Waals surface area (Å²) >= 11 is 0. The standard InChI is InChI=1S/C16H23F2N/c1-15(2,16(3,17)18)12-19-11-7-10-14(19)13-8-5-4-6-9-13/h4-6,8-9,14H,7,10-12H2,1-3H3. The fourth-order valence-corrected chi connectivity index (χ4v) is 2.71. The molecule has 0 N–H and O–H groups in total. The summed E-state index contributed by atoms with van der Waals surface area (Å²) in [6.45, 7) is 5.70. The van der Waals surface area contributed by atoms with Gasteiger partial charge in [-0.15, -0.1) is 0 Å². The fraction of sp³-hybridized carbons (Fsp3) is 0.625. The minimum atomic E-state index is -2.66. The van der Waals surface area contributed by atoms with E-state index in [-0.39, 0.29) is 0 Å². The van der Waals surface area contributed by atoms with Crippen molar-refractivity contribution >= 4 is 0 Å². The third-order valence-electron chi connectivity index (χ3n) is 4.33. The predicted molar refractivity (Wildman–Crippen MR) is 74.4 cm³/mol. The van der Waals surface area contributed by atoms with Gasteiger partial charge in [0.2, 0.25) is 0 Å². The van der Waals surface area contributed by atoms with Crippen molar-refractivity contribution < 1.29 is 8.78 Å². The van der Waals surface area contributed by atoms with E-state index in [2.05, 4.69) is 17.0 Å². The van der Waals surface area contributed by atoms with E-state index in [1.165, 1.54) is 5.56 Å². The Morgan fingerprint density at radius 2 is 1.79 bits per heavy atom. The highest BCUT2D eigenvalue weighted by Gasteiger charge is 2.44. The lowest BCUT2D eigenvalue weighted by atomic mass is 9.85. The Labute approximate surface area is 114 Å². The average Bonchev–Trinajstić information content (AvgIpc) is 2.76. The molecule has 0 saturated carbocycles. The van der Waals surface area contributed by atoms with E-state index in [0.717, 1.165) is 26.3 Å². The van der Waals surface area contributed by atoms with Crippen LogP contribution in [0.5, 0.6) is 0 Å². The first-order chi connectivity index (χ1) is 8.81. The lowest BCUT2D eigenvalue weighted by Gasteiger charge is -2.37. The summed E-state index contributed by atoms with van der Waals surface area (Å²) in [5.74, 6) is -2.66. The Morgan fingerprint density at radius 1 is 1.16 bits per heavy atom. The maximum Gasteiger partial charge on any atom is 0.251 e. The lowest BCUT2D eigenvalue weighted by Crippen LogP contribution is -2.43. The van der Waals surface area contributed by atoms with E-state index >= 15 is 0 Å². The zero-order chi connectivity index (χ0) is 14.1. The highest BCUT2D eigenvalue weighted by Crippen LogP contribution is 2.40. The van der Waals surface area contributed by atoms with Crippen LogP contribution >= 0.6 is 0 Å². The van der Waals surface area contributed by atoms with Crippen molar-refractivity contribution in [3.8, 4) is 0 Å². The number of hydrogen-bond acceptors (Lipinski definition) is 1. The first kappa shape index (κ1) is 14.4. The molecule has 1 aromatic rings. The fourth-order valence-electron chi connectivity index (χ4n) is 2.71. The molecule has 3 heteroatoms. The molecule has 19 heavy (non-hydrogen) atoms. The van der Waals surface area contributed by atoms with Gasteiger partial charge in [0.1, 0.15) is 0 Å². The normalized spacial score (nSPS) is 21.8. The largest absolute Gasteiger partial charge is 0.296 e. The zero-order valence-corrected chi connectivity index (χ0v) is 12.0. The number of nitrogens with zero attached hydrogens (tertiary/aromatic N) is 1.